The van der Waals surface area contributed by atoms with Crippen molar-refractivity contribution in [2.24, 2.45) is 0 Å². The van der Waals surface area contributed by atoms with Crippen molar-refractivity contribution in [1.29, 1.82) is 0 Å². The van der Waals surface area contributed by atoms with E-state index in [1.807, 2.05) is 29.2 Å². The minimum atomic E-state index is -0.193. The second-order valence-electron chi connectivity index (χ2n) is 7.13. The summed E-state index contributed by atoms with van der Waals surface area (Å²) < 4.78 is 13.1. The lowest BCUT2D eigenvalue weighted by molar-refractivity contribution is 0.0559. The predicted octanol–water partition coefficient (Wildman–Crippen LogP) is 2.58. The van der Waals surface area contributed by atoms with E-state index in [4.69, 9.17) is 0 Å². The summed E-state index contributed by atoms with van der Waals surface area (Å²) in [5.41, 5.74) is 1.75. The number of carbonyl (C=O) groups is 1. The Labute approximate surface area is 153 Å². The number of nitrogens with zero attached hydrogens (tertiary/aromatic N) is 3. The van der Waals surface area contributed by atoms with E-state index in [-0.39, 0.29) is 11.7 Å². The zero-order chi connectivity index (χ0) is 17.9. The molecule has 1 aromatic carbocycles. The molecule has 26 heavy (non-hydrogen) atoms. The van der Waals surface area contributed by atoms with Crippen molar-refractivity contribution < 1.29 is 9.18 Å². The van der Waals surface area contributed by atoms with Gasteiger partial charge in [-0.1, -0.05) is 0 Å². The maximum absolute atomic E-state index is 13.1. The van der Waals surface area contributed by atoms with Gasteiger partial charge in [0.2, 0.25) is 0 Å². The van der Waals surface area contributed by atoms with Crippen molar-refractivity contribution in [3.8, 4) is 0 Å². The standard InChI is InChI=1S/C20H25FN4O/c21-16-5-7-17(8-6-16)23-11-13-24(14-12-23)18-3-2-10-25(15-18)20(26)19-4-1-9-22-19/h1,4-9,18,22H,2-3,10-15H2/t18-/m0/s1. The quantitative estimate of drug-likeness (QED) is 0.919. The number of rotatable bonds is 3. The number of likely N-dealkylation sites (tertiary alicyclic amines) is 1. The number of aromatic nitrogens is 1. The van der Waals surface area contributed by atoms with Crippen LogP contribution in [0.5, 0.6) is 0 Å². The van der Waals surface area contributed by atoms with Gasteiger partial charge >= 0.3 is 0 Å². The van der Waals surface area contributed by atoms with E-state index >= 15 is 0 Å². The number of hydrogen-bond donors (Lipinski definition) is 1. The molecule has 0 saturated carbocycles. The van der Waals surface area contributed by atoms with Crippen molar-refractivity contribution in [3.63, 3.8) is 0 Å². The van der Waals surface area contributed by atoms with Crippen molar-refractivity contribution in [3.05, 3.63) is 54.1 Å². The second-order valence-corrected chi connectivity index (χ2v) is 7.13. The number of hydrogen-bond acceptors (Lipinski definition) is 3. The van der Waals surface area contributed by atoms with Crippen LogP contribution in [0.4, 0.5) is 10.1 Å². The van der Waals surface area contributed by atoms with Gasteiger partial charge in [-0.3, -0.25) is 9.69 Å². The molecule has 2 aliphatic heterocycles. The van der Waals surface area contributed by atoms with Crippen LogP contribution in [0.15, 0.2) is 42.6 Å². The van der Waals surface area contributed by atoms with Crippen LogP contribution in [0.1, 0.15) is 23.3 Å². The van der Waals surface area contributed by atoms with Crippen molar-refractivity contribution in [2.45, 2.75) is 18.9 Å². The lowest BCUT2D eigenvalue weighted by atomic mass is 10.0. The average Bonchev–Trinajstić information content (AvgIpc) is 3.23. The number of nitrogens with one attached hydrogen (secondary N) is 1. The van der Waals surface area contributed by atoms with Crippen LogP contribution < -0.4 is 4.90 Å². The Kier molecular flexibility index (Phi) is 4.93. The van der Waals surface area contributed by atoms with Crippen LogP contribution in [0.2, 0.25) is 0 Å². The number of benzene rings is 1. The Morgan fingerprint density at radius 2 is 1.81 bits per heavy atom. The van der Waals surface area contributed by atoms with E-state index in [2.05, 4.69) is 14.8 Å². The molecule has 4 rings (SSSR count). The molecule has 2 aliphatic rings. The number of piperazine rings is 1. The van der Waals surface area contributed by atoms with E-state index in [1.165, 1.54) is 12.1 Å². The van der Waals surface area contributed by atoms with Gasteiger partial charge in [0.1, 0.15) is 11.5 Å². The SMILES string of the molecule is O=C(c1ccc[nH]1)N1CCC[C@H](N2CCN(c3ccc(F)cc3)CC2)C1. The first kappa shape index (κ1) is 17.1. The summed E-state index contributed by atoms with van der Waals surface area (Å²) in [6.07, 6.45) is 3.99. The molecule has 2 saturated heterocycles. The highest BCUT2D eigenvalue weighted by molar-refractivity contribution is 5.92. The fourth-order valence-corrected chi connectivity index (χ4v) is 4.07. The first-order chi connectivity index (χ1) is 12.7. The molecule has 0 unspecified atom stereocenters. The Balaban J connectivity index is 1.34. The molecule has 1 amide bonds. The van der Waals surface area contributed by atoms with Crippen molar-refractivity contribution in [1.82, 2.24) is 14.8 Å². The first-order valence-electron chi connectivity index (χ1n) is 9.38. The van der Waals surface area contributed by atoms with Gasteiger partial charge in [-0.2, -0.15) is 0 Å². The van der Waals surface area contributed by atoms with Gasteiger partial charge in [-0.05, 0) is 49.2 Å². The highest BCUT2D eigenvalue weighted by atomic mass is 19.1. The number of H-pyrrole nitrogens is 1. The summed E-state index contributed by atoms with van der Waals surface area (Å²) in [6, 6.07) is 10.9. The lowest BCUT2D eigenvalue weighted by Crippen LogP contribution is -2.55. The molecular formula is C20H25FN4O. The second kappa shape index (κ2) is 7.50. The van der Waals surface area contributed by atoms with E-state index < -0.39 is 0 Å². The molecule has 0 radical (unpaired) electrons. The minimum absolute atomic E-state index is 0.102. The number of piperidine rings is 1. The number of aromatic amines is 1. The molecule has 138 valence electrons. The molecule has 3 heterocycles. The molecule has 2 fully saturated rings. The summed E-state index contributed by atoms with van der Waals surface area (Å²) in [6.45, 7) is 5.47. The topological polar surface area (TPSA) is 42.6 Å². The summed E-state index contributed by atoms with van der Waals surface area (Å²) in [5, 5.41) is 0. The molecular weight excluding hydrogens is 331 g/mol. The Bertz CT molecular complexity index is 723. The van der Waals surface area contributed by atoms with Crippen molar-refractivity contribution >= 4 is 11.6 Å². The van der Waals surface area contributed by atoms with Gasteiger partial charge in [-0.25, -0.2) is 4.39 Å². The van der Waals surface area contributed by atoms with Crippen LogP contribution in [-0.2, 0) is 0 Å². The van der Waals surface area contributed by atoms with Gasteiger partial charge in [0, 0.05) is 57.2 Å². The molecule has 1 atom stereocenters. The van der Waals surface area contributed by atoms with Crippen LogP contribution in [0, 0.1) is 5.82 Å². The van der Waals surface area contributed by atoms with Crippen molar-refractivity contribution in [2.75, 3.05) is 44.2 Å². The highest BCUT2D eigenvalue weighted by Crippen LogP contribution is 2.22. The zero-order valence-electron chi connectivity index (χ0n) is 14.9. The van der Waals surface area contributed by atoms with Crippen LogP contribution in [-0.4, -0.2) is 66.0 Å². The van der Waals surface area contributed by atoms with E-state index in [0.29, 0.717) is 11.7 Å². The monoisotopic (exact) mass is 356 g/mol. The Morgan fingerprint density at radius 1 is 1.04 bits per heavy atom. The molecule has 0 spiro atoms. The van der Waals surface area contributed by atoms with Gasteiger partial charge < -0.3 is 14.8 Å². The van der Waals surface area contributed by atoms with E-state index in [9.17, 15) is 9.18 Å². The largest absolute Gasteiger partial charge is 0.369 e. The predicted molar refractivity (Wildman–Crippen MR) is 99.9 cm³/mol. The maximum Gasteiger partial charge on any atom is 0.270 e. The maximum atomic E-state index is 13.1. The Hall–Kier alpha value is -2.34. The molecule has 0 aliphatic carbocycles. The number of carbonyl (C=O) groups excluding carboxylic acids is 1. The summed E-state index contributed by atoms with van der Waals surface area (Å²) in [4.78, 5) is 22.4. The highest BCUT2D eigenvalue weighted by Gasteiger charge is 2.30. The number of anilines is 1. The smallest absolute Gasteiger partial charge is 0.270 e. The average molecular weight is 356 g/mol. The molecule has 1 aromatic heterocycles. The normalized spacial score (nSPS) is 21.8. The molecule has 5 nitrogen and oxygen atoms in total. The van der Waals surface area contributed by atoms with E-state index in [1.54, 1.807) is 6.20 Å². The molecule has 1 N–H and O–H groups in total. The van der Waals surface area contributed by atoms with Crippen LogP contribution >= 0.6 is 0 Å². The summed E-state index contributed by atoms with van der Waals surface area (Å²) >= 11 is 0. The fourth-order valence-electron chi connectivity index (χ4n) is 4.07. The summed E-state index contributed by atoms with van der Waals surface area (Å²) in [7, 11) is 0. The molecule has 2 aromatic rings. The third kappa shape index (κ3) is 3.60. The minimum Gasteiger partial charge on any atom is -0.369 e. The van der Waals surface area contributed by atoms with Gasteiger partial charge in [0.25, 0.3) is 5.91 Å². The lowest BCUT2D eigenvalue weighted by Gasteiger charge is -2.43. The van der Waals surface area contributed by atoms with Gasteiger partial charge in [0.15, 0.2) is 0 Å². The first-order valence-corrected chi connectivity index (χ1v) is 9.38. The van der Waals surface area contributed by atoms with Gasteiger partial charge in [-0.15, -0.1) is 0 Å². The molecule has 6 heteroatoms. The summed E-state index contributed by atoms with van der Waals surface area (Å²) in [5.74, 6) is -0.0916. The van der Waals surface area contributed by atoms with E-state index in [0.717, 1.165) is 57.8 Å². The number of amides is 1. The third-order valence-electron chi connectivity index (χ3n) is 5.53. The van der Waals surface area contributed by atoms with Gasteiger partial charge in [0.05, 0.1) is 0 Å². The molecule has 0 bridgehead atoms. The zero-order valence-corrected chi connectivity index (χ0v) is 14.9. The van der Waals surface area contributed by atoms with Crippen LogP contribution in [0.25, 0.3) is 0 Å². The fraction of sp³-hybridized carbons (Fsp3) is 0.450. The number of halogens is 1. The third-order valence-corrected chi connectivity index (χ3v) is 5.53. The van der Waals surface area contributed by atoms with Crippen LogP contribution in [0.3, 0.4) is 0 Å². The Morgan fingerprint density at radius 3 is 2.50 bits per heavy atom.